The van der Waals surface area contributed by atoms with Gasteiger partial charge in [0.2, 0.25) is 0 Å². The molecule has 0 radical (unpaired) electrons. The van der Waals surface area contributed by atoms with E-state index in [1.54, 1.807) is 0 Å². The maximum absolute atomic E-state index is 6.91. The van der Waals surface area contributed by atoms with Crippen molar-refractivity contribution in [2.45, 2.75) is 0 Å². The Morgan fingerprint density at radius 3 is 1.39 bits per heavy atom. The van der Waals surface area contributed by atoms with Crippen LogP contribution in [0.5, 0.6) is 0 Å². The van der Waals surface area contributed by atoms with E-state index in [9.17, 15) is 0 Å². The third-order valence-electron chi connectivity index (χ3n) is 12.3. The molecule has 59 heavy (non-hydrogen) atoms. The van der Waals surface area contributed by atoms with Crippen LogP contribution in [0.3, 0.4) is 0 Å². The van der Waals surface area contributed by atoms with Crippen molar-refractivity contribution in [3.8, 4) is 44.7 Å². The van der Waals surface area contributed by atoms with Crippen LogP contribution in [0.2, 0.25) is 0 Å². The number of hydrogen-bond donors (Lipinski definition) is 0. The average molecular weight is 753 g/mol. The standard InChI is InChI=1S/C56H32O3/c1-3-15-33(16-4-1)49-43-29-30-44-52-41(25-14-28-47(52)58-55(44)56(43)59-54(49)34-17-5-2-6-18-34)50-37-21-9-11-23-39(37)51(40-24-12-10-22-38(40)50)42-26-13-27-46-53(42)45-31-35-19-7-8-20-36(35)32-48(45)57-46/h1-32H. The Labute approximate surface area is 337 Å². The topological polar surface area (TPSA) is 39.4 Å². The first kappa shape index (κ1) is 32.2. The lowest BCUT2D eigenvalue weighted by atomic mass is 9.84. The van der Waals surface area contributed by atoms with Crippen molar-refractivity contribution in [2.24, 2.45) is 0 Å². The zero-order valence-electron chi connectivity index (χ0n) is 31.7. The van der Waals surface area contributed by atoms with Crippen molar-refractivity contribution in [3.63, 3.8) is 0 Å². The second kappa shape index (κ2) is 12.3. The van der Waals surface area contributed by atoms with E-state index in [1.165, 1.54) is 43.4 Å². The van der Waals surface area contributed by atoms with E-state index in [2.05, 4.69) is 182 Å². The maximum atomic E-state index is 6.91. The highest BCUT2D eigenvalue weighted by Gasteiger charge is 2.25. The second-order valence-corrected chi connectivity index (χ2v) is 15.5. The van der Waals surface area contributed by atoms with Crippen LogP contribution in [-0.2, 0) is 0 Å². The molecule has 3 heteroatoms. The summed E-state index contributed by atoms with van der Waals surface area (Å²) in [4.78, 5) is 0. The highest BCUT2D eigenvalue weighted by atomic mass is 16.4. The van der Waals surface area contributed by atoms with Crippen LogP contribution in [0.25, 0.3) is 132 Å². The minimum atomic E-state index is 0.751. The fourth-order valence-corrected chi connectivity index (χ4v) is 9.76. The van der Waals surface area contributed by atoms with Crippen LogP contribution in [0, 0.1) is 0 Å². The van der Waals surface area contributed by atoms with Crippen LogP contribution in [0.4, 0.5) is 0 Å². The molecule has 10 aromatic carbocycles. The highest BCUT2D eigenvalue weighted by molar-refractivity contribution is 6.29. The monoisotopic (exact) mass is 752 g/mol. The smallest absolute Gasteiger partial charge is 0.178 e. The minimum Gasteiger partial charge on any atom is -0.456 e. The molecule has 0 N–H and O–H groups in total. The molecule has 3 aromatic heterocycles. The van der Waals surface area contributed by atoms with E-state index in [-0.39, 0.29) is 0 Å². The fraction of sp³-hybridized carbons (Fsp3) is 0. The summed E-state index contributed by atoms with van der Waals surface area (Å²) in [5, 5.41) is 12.5. The summed E-state index contributed by atoms with van der Waals surface area (Å²) < 4.78 is 20.4. The first-order valence-electron chi connectivity index (χ1n) is 20.1. The SMILES string of the molecule is c1ccc(-c2oc3c(ccc4c3oc3cccc(-c5c6ccccc6c(-c6cccc7oc8cc9ccccc9cc8c67)c6ccccc56)c34)c2-c2ccccc2)cc1. The lowest BCUT2D eigenvalue weighted by Crippen LogP contribution is -1.91. The summed E-state index contributed by atoms with van der Waals surface area (Å²) in [5.41, 5.74) is 12.0. The van der Waals surface area contributed by atoms with Crippen molar-refractivity contribution >= 4 is 87.2 Å². The van der Waals surface area contributed by atoms with Gasteiger partial charge in [-0.05, 0) is 96.5 Å². The normalized spacial score (nSPS) is 12.1. The number of fused-ring (bicyclic) bond motifs is 11. The number of furan rings is 3. The summed E-state index contributed by atoms with van der Waals surface area (Å²) in [5.74, 6) is 0.834. The van der Waals surface area contributed by atoms with E-state index in [0.717, 1.165) is 88.4 Å². The summed E-state index contributed by atoms with van der Waals surface area (Å²) in [6, 6.07) is 68.9. The van der Waals surface area contributed by atoms with E-state index >= 15 is 0 Å². The van der Waals surface area contributed by atoms with Gasteiger partial charge in [-0.2, -0.15) is 0 Å². The molecule has 3 nitrogen and oxygen atoms in total. The molecule has 274 valence electrons. The molecule has 0 aliphatic heterocycles. The van der Waals surface area contributed by atoms with E-state index in [0.29, 0.717) is 0 Å². The van der Waals surface area contributed by atoms with Gasteiger partial charge in [-0.3, -0.25) is 0 Å². The average Bonchev–Trinajstić information content (AvgIpc) is 3.99. The Hall–Kier alpha value is -7.88. The Morgan fingerprint density at radius 2 is 0.763 bits per heavy atom. The molecule has 13 rings (SSSR count). The van der Waals surface area contributed by atoms with E-state index < -0.39 is 0 Å². The van der Waals surface area contributed by atoms with Crippen LogP contribution in [0.1, 0.15) is 0 Å². The third kappa shape index (κ3) is 4.64. The van der Waals surface area contributed by atoms with Crippen LogP contribution >= 0.6 is 0 Å². The van der Waals surface area contributed by atoms with Crippen LogP contribution in [0.15, 0.2) is 207 Å². The predicted octanol–water partition coefficient (Wildman–Crippen LogP) is 16.4. The van der Waals surface area contributed by atoms with Crippen molar-refractivity contribution in [1.82, 2.24) is 0 Å². The van der Waals surface area contributed by atoms with Gasteiger partial charge >= 0.3 is 0 Å². The Kier molecular flexibility index (Phi) is 6.72. The van der Waals surface area contributed by atoms with Crippen molar-refractivity contribution in [3.05, 3.63) is 194 Å². The highest BCUT2D eigenvalue weighted by Crippen LogP contribution is 2.51. The number of hydrogen-bond acceptors (Lipinski definition) is 3. The van der Waals surface area contributed by atoms with E-state index in [4.69, 9.17) is 13.3 Å². The van der Waals surface area contributed by atoms with Gasteiger partial charge in [0.1, 0.15) is 22.5 Å². The molecule has 0 aliphatic carbocycles. The van der Waals surface area contributed by atoms with Gasteiger partial charge in [0, 0.05) is 38.1 Å². The van der Waals surface area contributed by atoms with Crippen molar-refractivity contribution in [2.75, 3.05) is 0 Å². The van der Waals surface area contributed by atoms with E-state index in [1.807, 2.05) is 12.1 Å². The molecular formula is C56H32O3. The first-order valence-corrected chi connectivity index (χ1v) is 20.1. The summed E-state index contributed by atoms with van der Waals surface area (Å²) in [7, 11) is 0. The molecule has 0 saturated heterocycles. The van der Waals surface area contributed by atoms with Gasteiger partial charge in [0.15, 0.2) is 11.2 Å². The van der Waals surface area contributed by atoms with Gasteiger partial charge in [-0.25, -0.2) is 0 Å². The van der Waals surface area contributed by atoms with Gasteiger partial charge < -0.3 is 13.3 Å². The lowest BCUT2D eigenvalue weighted by molar-refractivity contribution is 0.612. The number of rotatable bonds is 4. The van der Waals surface area contributed by atoms with Gasteiger partial charge in [-0.15, -0.1) is 0 Å². The molecule has 3 heterocycles. The molecule has 0 amide bonds. The molecule has 0 aliphatic rings. The minimum absolute atomic E-state index is 0.751. The second-order valence-electron chi connectivity index (χ2n) is 15.5. The molecule has 0 fully saturated rings. The van der Waals surface area contributed by atoms with Crippen LogP contribution < -0.4 is 0 Å². The van der Waals surface area contributed by atoms with Crippen LogP contribution in [-0.4, -0.2) is 0 Å². The van der Waals surface area contributed by atoms with Crippen molar-refractivity contribution < 1.29 is 13.3 Å². The third-order valence-corrected chi connectivity index (χ3v) is 12.3. The molecule has 0 atom stereocenters. The number of benzene rings is 10. The molecular weight excluding hydrogens is 721 g/mol. The van der Waals surface area contributed by atoms with Gasteiger partial charge in [0.05, 0.1) is 0 Å². The Morgan fingerprint density at radius 1 is 0.271 bits per heavy atom. The quantitative estimate of drug-likeness (QED) is 0.168. The molecule has 0 unspecified atom stereocenters. The fourth-order valence-electron chi connectivity index (χ4n) is 9.76. The van der Waals surface area contributed by atoms with Crippen molar-refractivity contribution in [1.29, 1.82) is 0 Å². The predicted molar refractivity (Wildman–Crippen MR) is 245 cm³/mol. The zero-order valence-corrected chi connectivity index (χ0v) is 31.7. The molecule has 13 aromatic rings. The lowest BCUT2D eigenvalue weighted by Gasteiger charge is -2.18. The largest absolute Gasteiger partial charge is 0.456 e. The molecule has 0 spiro atoms. The van der Waals surface area contributed by atoms with Gasteiger partial charge in [0.25, 0.3) is 0 Å². The summed E-state index contributed by atoms with van der Waals surface area (Å²) >= 11 is 0. The molecule has 0 saturated carbocycles. The Balaban J connectivity index is 1.10. The maximum Gasteiger partial charge on any atom is 0.178 e. The molecule has 0 bridgehead atoms. The first-order chi connectivity index (χ1) is 29.3. The Bertz CT molecular complexity index is 3770. The van der Waals surface area contributed by atoms with Gasteiger partial charge in [-0.1, -0.05) is 158 Å². The summed E-state index contributed by atoms with van der Waals surface area (Å²) in [6.07, 6.45) is 0. The summed E-state index contributed by atoms with van der Waals surface area (Å²) in [6.45, 7) is 0. The zero-order chi connectivity index (χ0) is 38.6.